The Hall–Kier alpha value is -3.91. The van der Waals surface area contributed by atoms with Gasteiger partial charge < -0.3 is 9.64 Å². The van der Waals surface area contributed by atoms with Gasteiger partial charge in [-0.2, -0.15) is 5.26 Å². The van der Waals surface area contributed by atoms with Gasteiger partial charge in [0.1, 0.15) is 11.8 Å². The molecule has 0 spiro atoms. The molecule has 34 heavy (non-hydrogen) atoms. The van der Waals surface area contributed by atoms with Crippen LogP contribution in [-0.4, -0.2) is 30.2 Å². The third-order valence-corrected chi connectivity index (χ3v) is 7.17. The lowest BCUT2D eigenvalue weighted by Crippen LogP contribution is -2.30. The van der Waals surface area contributed by atoms with E-state index in [0.29, 0.717) is 0 Å². The lowest BCUT2D eigenvalue weighted by atomic mass is 9.80. The standard InChI is InChI=1S/C29H26N4O/c1-34-21-9-7-19(8-10-21)23-17-27(33-14-3-2-4-15-33)25(18-30)28-22(23)11-12-26-24(28)16-20-6-5-13-31-29(20)32-26/h5-10,13,16-17H,2-4,11-12,14-15H2,1H3. The second-order valence-corrected chi connectivity index (χ2v) is 9.09. The minimum absolute atomic E-state index is 0.769. The molecular weight excluding hydrogens is 420 g/mol. The van der Waals surface area contributed by atoms with Crippen molar-refractivity contribution in [2.75, 3.05) is 25.1 Å². The number of benzene rings is 2. The van der Waals surface area contributed by atoms with Crippen LogP contribution < -0.4 is 9.64 Å². The monoisotopic (exact) mass is 446 g/mol. The van der Waals surface area contributed by atoms with Gasteiger partial charge in [-0.3, -0.25) is 0 Å². The van der Waals surface area contributed by atoms with Gasteiger partial charge in [0.15, 0.2) is 5.65 Å². The summed E-state index contributed by atoms with van der Waals surface area (Å²) in [6.45, 7) is 1.98. The molecule has 1 aliphatic heterocycles. The molecule has 1 fully saturated rings. The zero-order valence-electron chi connectivity index (χ0n) is 19.3. The van der Waals surface area contributed by atoms with Gasteiger partial charge in [-0.15, -0.1) is 0 Å². The van der Waals surface area contributed by atoms with Crippen LogP contribution in [0.4, 0.5) is 5.69 Å². The number of nitriles is 1. The number of hydrogen-bond donors (Lipinski definition) is 0. The van der Waals surface area contributed by atoms with E-state index >= 15 is 0 Å². The van der Waals surface area contributed by atoms with Gasteiger partial charge in [0.2, 0.25) is 0 Å². The molecule has 3 heterocycles. The Morgan fingerprint density at radius 3 is 2.56 bits per heavy atom. The number of ether oxygens (including phenoxy) is 1. The molecule has 0 saturated carbocycles. The van der Waals surface area contributed by atoms with Crippen molar-refractivity contribution in [2.45, 2.75) is 32.1 Å². The highest BCUT2D eigenvalue weighted by Gasteiger charge is 2.28. The van der Waals surface area contributed by atoms with Gasteiger partial charge in [-0.05, 0) is 85.2 Å². The van der Waals surface area contributed by atoms with E-state index in [1.165, 1.54) is 17.5 Å². The second kappa shape index (κ2) is 8.46. The summed E-state index contributed by atoms with van der Waals surface area (Å²) >= 11 is 0. The van der Waals surface area contributed by atoms with Crippen LogP contribution in [0.5, 0.6) is 5.75 Å². The topological polar surface area (TPSA) is 62.0 Å². The second-order valence-electron chi connectivity index (χ2n) is 9.09. The number of fused-ring (bicyclic) bond motifs is 4. The molecule has 5 nitrogen and oxygen atoms in total. The molecule has 0 unspecified atom stereocenters. The van der Waals surface area contributed by atoms with Crippen LogP contribution in [0.2, 0.25) is 0 Å². The minimum atomic E-state index is 0.769. The first-order chi connectivity index (χ1) is 16.8. The Morgan fingerprint density at radius 2 is 1.79 bits per heavy atom. The smallest absolute Gasteiger partial charge is 0.159 e. The van der Waals surface area contributed by atoms with Crippen molar-refractivity contribution in [3.05, 3.63) is 71.5 Å². The maximum absolute atomic E-state index is 10.4. The molecule has 6 rings (SSSR count). The average Bonchev–Trinajstić information content (AvgIpc) is 2.91. The number of hydrogen-bond acceptors (Lipinski definition) is 5. The molecule has 2 aromatic carbocycles. The van der Waals surface area contributed by atoms with Gasteiger partial charge in [-0.1, -0.05) is 12.1 Å². The van der Waals surface area contributed by atoms with Crippen molar-refractivity contribution < 1.29 is 4.74 Å². The third-order valence-electron chi connectivity index (χ3n) is 7.17. The molecule has 5 heteroatoms. The number of piperidine rings is 1. The highest BCUT2D eigenvalue weighted by Crippen LogP contribution is 2.45. The van der Waals surface area contributed by atoms with Crippen molar-refractivity contribution in [3.63, 3.8) is 0 Å². The van der Waals surface area contributed by atoms with Crippen LogP contribution in [-0.2, 0) is 12.8 Å². The summed E-state index contributed by atoms with van der Waals surface area (Å²) in [7, 11) is 1.69. The third kappa shape index (κ3) is 3.38. The fraction of sp³-hybridized carbons (Fsp3) is 0.276. The van der Waals surface area contributed by atoms with Crippen LogP contribution >= 0.6 is 0 Å². The highest BCUT2D eigenvalue weighted by atomic mass is 16.5. The van der Waals surface area contributed by atoms with Crippen LogP contribution in [0.3, 0.4) is 0 Å². The van der Waals surface area contributed by atoms with E-state index in [1.807, 2.05) is 18.2 Å². The average molecular weight is 447 g/mol. The lowest BCUT2D eigenvalue weighted by Gasteiger charge is -2.33. The van der Waals surface area contributed by atoms with E-state index in [-0.39, 0.29) is 0 Å². The van der Waals surface area contributed by atoms with Crippen LogP contribution in [0.1, 0.15) is 36.1 Å². The summed E-state index contributed by atoms with van der Waals surface area (Å²) < 4.78 is 5.40. The van der Waals surface area contributed by atoms with Crippen molar-refractivity contribution in [2.24, 2.45) is 0 Å². The Labute approximate surface area is 199 Å². The molecular formula is C29H26N4O. The van der Waals surface area contributed by atoms with Gasteiger partial charge >= 0.3 is 0 Å². The Kier molecular flexibility index (Phi) is 5.15. The van der Waals surface area contributed by atoms with Crippen LogP contribution in [0.15, 0.2) is 54.7 Å². The first-order valence-electron chi connectivity index (χ1n) is 12.0. The fourth-order valence-corrected chi connectivity index (χ4v) is 5.48. The van der Waals surface area contributed by atoms with E-state index in [0.717, 1.165) is 89.2 Å². The quantitative estimate of drug-likeness (QED) is 0.390. The molecule has 168 valence electrons. The Balaban J connectivity index is 1.64. The van der Waals surface area contributed by atoms with Crippen LogP contribution in [0.25, 0.3) is 33.3 Å². The summed E-state index contributed by atoms with van der Waals surface area (Å²) in [5.41, 5.74) is 9.35. The minimum Gasteiger partial charge on any atom is -0.497 e. The number of aromatic nitrogens is 2. The largest absolute Gasteiger partial charge is 0.497 e. The van der Waals surface area contributed by atoms with E-state index < -0.39 is 0 Å². The van der Waals surface area contributed by atoms with Gasteiger partial charge in [0, 0.05) is 35.8 Å². The van der Waals surface area contributed by atoms with Gasteiger partial charge in [-0.25, -0.2) is 9.97 Å². The highest BCUT2D eigenvalue weighted by molar-refractivity contribution is 5.93. The summed E-state index contributed by atoms with van der Waals surface area (Å²) in [6, 6.07) is 19.3. The van der Waals surface area contributed by atoms with E-state index in [1.54, 1.807) is 13.3 Å². The molecule has 0 radical (unpaired) electrons. The number of anilines is 1. The van der Waals surface area contributed by atoms with Crippen molar-refractivity contribution in [1.29, 1.82) is 5.26 Å². The van der Waals surface area contributed by atoms with E-state index in [9.17, 15) is 5.26 Å². The van der Waals surface area contributed by atoms with Gasteiger partial charge in [0.25, 0.3) is 0 Å². The maximum atomic E-state index is 10.4. The van der Waals surface area contributed by atoms with E-state index in [4.69, 9.17) is 9.72 Å². The molecule has 0 N–H and O–H groups in total. The SMILES string of the molecule is COc1ccc(-c2cc(N3CCCCC3)c(C#N)c3c2CCc2nc4ncccc4cc2-3)cc1. The molecule has 2 aromatic heterocycles. The molecule has 1 aliphatic carbocycles. The first kappa shape index (κ1) is 20.7. The van der Waals surface area contributed by atoms with Crippen molar-refractivity contribution in [1.82, 2.24) is 9.97 Å². The van der Waals surface area contributed by atoms with Gasteiger partial charge in [0.05, 0.1) is 24.1 Å². The first-order valence-corrected chi connectivity index (χ1v) is 12.0. The molecule has 0 bridgehead atoms. The maximum Gasteiger partial charge on any atom is 0.159 e. The predicted molar refractivity (Wildman–Crippen MR) is 135 cm³/mol. The molecule has 0 atom stereocenters. The summed E-state index contributed by atoms with van der Waals surface area (Å²) in [5, 5.41) is 11.5. The van der Waals surface area contributed by atoms with Crippen LogP contribution in [0, 0.1) is 11.3 Å². The Bertz CT molecular complexity index is 1430. The molecule has 2 aliphatic rings. The number of nitrogens with zero attached hydrogens (tertiary/aromatic N) is 4. The predicted octanol–water partition coefficient (Wildman–Crippen LogP) is 5.93. The Morgan fingerprint density at radius 1 is 0.971 bits per heavy atom. The molecule has 0 amide bonds. The zero-order chi connectivity index (χ0) is 23.1. The number of methoxy groups -OCH3 is 1. The molecule has 1 saturated heterocycles. The number of pyridine rings is 2. The van der Waals surface area contributed by atoms with Crippen molar-refractivity contribution in [3.8, 4) is 34.1 Å². The number of rotatable bonds is 3. The summed E-state index contributed by atoms with van der Waals surface area (Å²) in [4.78, 5) is 11.8. The fourth-order valence-electron chi connectivity index (χ4n) is 5.48. The van der Waals surface area contributed by atoms with Crippen molar-refractivity contribution >= 4 is 16.7 Å². The zero-order valence-corrected chi connectivity index (χ0v) is 19.3. The summed E-state index contributed by atoms with van der Waals surface area (Å²) in [5.74, 6) is 0.844. The normalized spacial score (nSPS) is 14.9. The van der Waals surface area contributed by atoms with E-state index in [2.05, 4.69) is 46.3 Å². The lowest BCUT2D eigenvalue weighted by molar-refractivity contribution is 0.415. The summed E-state index contributed by atoms with van der Waals surface area (Å²) in [6.07, 6.45) is 7.05. The molecule has 4 aromatic rings. The number of aryl methyl sites for hydroxylation is 1.